The van der Waals surface area contributed by atoms with E-state index in [2.05, 4.69) is 15.1 Å². The number of hydrogen-bond acceptors (Lipinski definition) is 4. The second-order valence-corrected chi connectivity index (χ2v) is 4.27. The van der Waals surface area contributed by atoms with Gasteiger partial charge in [-0.1, -0.05) is 11.2 Å². The third-order valence-electron chi connectivity index (χ3n) is 2.72. The zero-order valence-corrected chi connectivity index (χ0v) is 10.0. The fraction of sp³-hybridized carbons (Fsp3) is 0.154. The highest BCUT2D eigenvalue weighted by Crippen LogP contribution is 2.17. The molecule has 5 heteroatoms. The molecule has 1 aromatic carbocycles. The second-order valence-electron chi connectivity index (χ2n) is 4.27. The first-order valence-corrected chi connectivity index (χ1v) is 5.58. The highest BCUT2D eigenvalue weighted by atomic mass is 16.5. The summed E-state index contributed by atoms with van der Waals surface area (Å²) in [6.45, 7) is 3.77. The largest absolute Gasteiger partial charge is 0.353 e. The van der Waals surface area contributed by atoms with Crippen LogP contribution in [0.3, 0.4) is 0 Å². The Labute approximate surface area is 102 Å². The first-order valence-electron chi connectivity index (χ1n) is 5.58. The minimum atomic E-state index is -0.177. The van der Waals surface area contributed by atoms with E-state index in [0.29, 0.717) is 22.5 Å². The Balaban J connectivity index is 2.29. The molecule has 0 amide bonds. The van der Waals surface area contributed by atoms with Crippen LogP contribution in [0.25, 0.3) is 22.5 Å². The predicted octanol–water partition coefficient (Wildman–Crippen LogP) is 2.19. The maximum Gasteiger partial charge on any atom is 0.259 e. The quantitative estimate of drug-likeness (QED) is 0.708. The Hall–Kier alpha value is -2.43. The van der Waals surface area contributed by atoms with Gasteiger partial charge in [-0.25, -0.2) is 4.98 Å². The lowest BCUT2D eigenvalue weighted by Crippen LogP contribution is -2.09. The SMILES string of the molecule is Cc1ccc2c(=O)[nH]c(-c3cc(C)no3)nc2c1. The van der Waals surface area contributed by atoms with Gasteiger partial charge in [0, 0.05) is 6.07 Å². The number of benzene rings is 1. The number of aryl methyl sites for hydroxylation is 2. The van der Waals surface area contributed by atoms with E-state index in [0.717, 1.165) is 11.3 Å². The lowest BCUT2D eigenvalue weighted by atomic mass is 10.2. The summed E-state index contributed by atoms with van der Waals surface area (Å²) in [6, 6.07) is 7.26. The number of nitrogens with zero attached hydrogens (tertiary/aromatic N) is 2. The molecule has 2 heterocycles. The molecular formula is C13H11N3O2. The van der Waals surface area contributed by atoms with Crippen LogP contribution >= 0.6 is 0 Å². The molecule has 0 aliphatic carbocycles. The van der Waals surface area contributed by atoms with E-state index >= 15 is 0 Å². The summed E-state index contributed by atoms with van der Waals surface area (Å²) in [5.41, 5.74) is 2.28. The lowest BCUT2D eigenvalue weighted by Gasteiger charge is -2.00. The first-order chi connectivity index (χ1) is 8.63. The maximum absolute atomic E-state index is 11.9. The van der Waals surface area contributed by atoms with Gasteiger partial charge < -0.3 is 9.51 Å². The van der Waals surface area contributed by atoms with Crippen molar-refractivity contribution in [2.45, 2.75) is 13.8 Å². The van der Waals surface area contributed by atoms with Crippen molar-refractivity contribution in [3.63, 3.8) is 0 Å². The van der Waals surface area contributed by atoms with Crippen molar-refractivity contribution in [1.82, 2.24) is 15.1 Å². The molecule has 5 nitrogen and oxygen atoms in total. The zero-order valence-electron chi connectivity index (χ0n) is 10.0. The van der Waals surface area contributed by atoms with E-state index < -0.39 is 0 Å². The molecule has 3 rings (SSSR count). The molecule has 1 N–H and O–H groups in total. The van der Waals surface area contributed by atoms with Crippen LogP contribution in [0, 0.1) is 13.8 Å². The number of rotatable bonds is 1. The molecule has 0 spiro atoms. The molecule has 18 heavy (non-hydrogen) atoms. The average Bonchev–Trinajstić information content (AvgIpc) is 2.75. The molecule has 2 aromatic heterocycles. The Kier molecular flexibility index (Phi) is 2.26. The monoisotopic (exact) mass is 241 g/mol. The normalized spacial score (nSPS) is 11.0. The molecule has 0 aliphatic heterocycles. The lowest BCUT2D eigenvalue weighted by molar-refractivity contribution is 0.424. The van der Waals surface area contributed by atoms with Crippen LogP contribution in [-0.2, 0) is 0 Å². The molecule has 0 saturated heterocycles. The number of aromatic amines is 1. The third-order valence-corrected chi connectivity index (χ3v) is 2.72. The molecule has 0 aliphatic rings. The molecule has 0 radical (unpaired) electrons. The third kappa shape index (κ3) is 1.69. The molecule has 0 fully saturated rings. The Bertz CT molecular complexity index is 786. The Morgan fingerprint density at radius 2 is 2.06 bits per heavy atom. The van der Waals surface area contributed by atoms with Crippen LogP contribution in [0.15, 0.2) is 33.6 Å². The number of H-pyrrole nitrogens is 1. The van der Waals surface area contributed by atoms with E-state index in [4.69, 9.17) is 4.52 Å². The van der Waals surface area contributed by atoms with E-state index in [1.807, 2.05) is 26.0 Å². The molecule has 0 atom stereocenters. The molecular weight excluding hydrogens is 230 g/mol. The van der Waals surface area contributed by atoms with Gasteiger partial charge in [-0.2, -0.15) is 0 Å². The van der Waals surface area contributed by atoms with Crippen LogP contribution in [0.2, 0.25) is 0 Å². The van der Waals surface area contributed by atoms with Gasteiger partial charge in [0.25, 0.3) is 5.56 Å². The Morgan fingerprint density at radius 3 is 2.78 bits per heavy atom. The Morgan fingerprint density at radius 1 is 1.22 bits per heavy atom. The molecule has 0 saturated carbocycles. The maximum atomic E-state index is 11.9. The highest BCUT2D eigenvalue weighted by molar-refractivity contribution is 5.79. The number of fused-ring (bicyclic) bond motifs is 1. The summed E-state index contributed by atoms with van der Waals surface area (Å²) in [4.78, 5) is 19.0. The van der Waals surface area contributed by atoms with Gasteiger partial charge in [-0.3, -0.25) is 4.79 Å². The fourth-order valence-corrected chi connectivity index (χ4v) is 1.84. The minimum absolute atomic E-state index is 0.177. The van der Waals surface area contributed by atoms with Gasteiger partial charge in [0.05, 0.1) is 16.6 Å². The van der Waals surface area contributed by atoms with Crippen molar-refractivity contribution in [2.75, 3.05) is 0 Å². The smallest absolute Gasteiger partial charge is 0.259 e. The van der Waals surface area contributed by atoms with E-state index in [-0.39, 0.29) is 5.56 Å². The van der Waals surface area contributed by atoms with Crippen molar-refractivity contribution in [3.8, 4) is 11.6 Å². The minimum Gasteiger partial charge on any atom is -0.353 e. The van der Waals surface area contributed by atoms with Crippen LogP contribution in [0.4, 0.5) is 0 Å². The van der Waals surface area contributed by atoms with Gasteiger partial charge in [0.1, 0.15) is 0 Å². The van der Waals surface area contributed by atoms with Crippen molar-refractivity contribution in [3.05, 3.63) is 45.9 Å². The van der Waals surface area contributed by atoms with Gasteiger partial charge in [-0.05, 0) is 31.5 Å². The van der Waals surface area contributed by atoms with E-state index in [9.17, 15) is 4.79 Å². The number of aromatic nitrogens is 3. The summed E-state index contributed by atoms with van der Waals surface area (Å²) in [5.74, 6) is 0.867. The van der Waals surface area contributed by atoms with Crippen molar-refractivity contribution in [2.24, 2.45) is 0 Å². The highest BCUT2D eigenvalue weighted by Gasteiger charge is 2.09. The van der Waals surface area contributed by atoms with Crippen molar-refractivity contribution < 1.29 is 4.52 Å². The predicted molar refractivity (Wildman–Crippen MR) is 67.3 cm³/mol. The summed E-state index contributed by atoms with van der Waals surface area (Å²) in [5, 5.41) is 4.35. The molecule has 0 bridgehead atoms. The molecule has 3 aromatic rings. The van der Waals surface area contributed by atoms with Crippen LogP contribution in [-0.4, -0.2) is 15.1 Å². The fourth-order valence-electron chi connectivity index (χ4n) is 1.84. The summed E-state index contributed by atoms with van der Waals surface area (Å²) in [7, 11) is 0. The van der Waals surface area contributed by atoms with Crippen LogP contribution in [0.1, 0.15) is 11.3 Å². The van der Waals surface area contributed by atoms with Gasteiger partial charge in [-0.15, -0.1) is 0 Å². The van der Waals surface area contributed by atoms with Gasteiger partial charge in [0.2, 0.25) is 5.76 Å². The van der Waals surface area contributed by atoms with Crippen LogP contribution in [0.5, 0.6) is 0 Å². The van der Waals surface area contributed by atoms with E-state index in [1.54, 1.807) is 12.1 Å². The topological polar surface area (TPSA) is 71.8 Å². The molecule has 90 valence electrons. The average molecular weight is 241 g/mol. The first kappa shape index (κ1) is 10.7. The van der Waals surface area contributed by atoms with E-state index in [1.165, 1.54) is 0 Å². The van der Waals surface area contributed by atoms with Crippen molar-refractivity contribution >= 4 is 10.9 Å². The number of nitrogens with one attached hydrogen (secondary N) is 1. The number of hydrogen-bond donors (Lipinski definition) is 1. The van der Waals surface area contributed by atoms with Crippen molar-refractivity contribution in [1.29, 1.82) is 0 Å². The summed E-state index contributed by atoms with van der Waals surface area (Å²) >= 11 is 0. The van der Waals surface area contributed by atoms with Crippen LogP contribution < -0.4 is 5.56 Å². The summed E-state index contributed by atoms with van der Waals surface area (Å²) < 4.78 is 5.10. The second kappa shape index (κ2) is 3.80. The molecule has 0 unspecified atom stereocenters. The van der Waals surface area contributed by atoms with Gasteiger partial charge >= 0.3 is 0 Å². The van der Waals surface area contributed by atoms with Gasteiger partial charge in [0.15, 0.2) is 5.82 Å². The standard InChI is InChI=1S/C13H11N3O2/c1-7-3-4-9-10(5-7)14-12(15-13(9)17)11-6-8(2)16-18-11/h3-6H,1-2H3,(H,14,15,17). The summed E-state index contributed by atoms with van der Waals surface area (Å²) in [6.07, 6.45) is 0. The zero-order chi connectivity index (χ0) is 12.7.